The number of hydrogen-bond acceptors (Lipinski definition) is 4. The maximum atomic E-state index is 11.9. The Morgan fingerprint density at radius 3 is 2.89 bits per heavy atom. The summed E-state index contributed by atoms with van der Waals surface area (Å²) < 4.78 is 6.10. The second-order valence-corrected chi connectivity index (χ2v) is 8.50. The van der Waals surface area contributed by atoms with Crippen molar-refractivity contribution in [2.45, 2.75) is 58.1 Å². The van der Waals surface area contributed by atoms with Gasteiger partial charge in [-0.25, -0.2) is 0 Å². The van der Waals surface area contributed by atoms with Crippen molar-refractivity contribution in [3.05, 3.63) is 35.1 Å². The van der Waals surface area contributed by atoms with Gasteiger partial charge < -0.3 is 14.8 Å². The summed E-state index contributed by atoms with van der Waals surface area (Å²) in [4.78, 5) is 14.2. The molecular formula is C22H30N2O3. The van der Waals surface area contributed by atoms with Crippen LogP contribution in [-0.2, 0) is 11.3 Å². The molecule has 5 nitrogen and oxygen atoms in total. The molecule has 2 N–H and O–H groups in total. The molecule has 146 valence electrons. The summed E-state index contributed by atoms with van der Waals surface area (Å²) in [5, 5.41) is 15.1. The number of fused-ring (bicyclic) bond motifs is 1. The number of nitrogens with zero attached hydrogens (tertiary/aromatic N) is 1. The standard InChI is InChI=1S/C22H30N2O3/c1-15-4-7-19-18(12-15)16(2)20(27-19)13-24-10-3-8-22(26,9-11-24)14-23-21(25)17-5-6-17/h4,7,12,17,26H,3,5-6,8-11,13-14H2,1-2H3,(H,23,25)/t22-/m1/s1. The third-order valence-corrected chi connectivity index (χ3v) is 6.11. The summed E-state index contributed by atoms with van der Waals surface area (Å²) in [6.45, 7) is 7.12. The van der Waals surface area contributed by atoms with Crippen molar-refractivity contribution in [3.8, 4) is 0 Å². The van der Waals surface area contributed by atoms with Crippen LogP contribution in [0.4, 0.5) is 0 Å². The first kappa shape index (κ1) is 18.5. The van der Waals surface area contributed by atoms with Gasteiger partial charge in [0.05, 0.1) is 12.1 Å². The fourth-order valence-corrected chi connectivity index (χ4v) is 4.05. The summed E-state index contributed by atoms with van der Waals surface area (Å²) in [6, 6.07) is 6.31. The van der Waals surface area contributed by atoms with Crippen LogP contribution in [0, 0.1) is 19.8 Å². The third kappa shape index (κ3) is 4.19. The fraction of sp³-hybridized carbons (Fsp3) is 0.591. The van der Waals surface area contributed by atoms with Gasteiger partial charge in [0.1, 0.15) is 11.3 Å². The zero-order valence-corrected chi connectivity index (χ0v) is 16.4. The van der Waals surface area contributed by atoms with Gasteiger partial charge in [-0.15, -0.1) is 0 Å². The molecule has 2 heterocycles. The topological polar surface area (TPSA) is 65.7 Å². The Morgan fingerprint density at radius 2 is 2.11 bits per heavy atom. The van der Waals surface area contributed by atoms with E-state index in [9.17, 15) is 9.90 Å². The maximum absolute atomic E-state index is 11.9. The number of benzene rings is 1. The van der Waals surface area contributed by atoms with Crippen LogP contribution < -0.4 is 5.32 Å². The van der Waals surface area contributed by atoms with Gasteiger partial charge in [0, 0.05) is 24.4 Å². The summed E-state index contributed by atoms with van der Waals surface area (Å²) in [7, 11) is 0. The summed E-state index contributed by atoms with van der Waals surface area (Å²) >= 11 is 0. The summed E-state index contributed by atoms with van der Waals surface area (Å²) in [6.07, 6.45) is 4.32. The molecular weight excluding hydrogens is 340 g/mol. The van der Waals surface area contributed by atoms with Gasteiger partial charge >= 0.3 is 0 Å². The second-order valence-electron chi connectivity index (χ2n) is 8.50. The Morgan fingerprint density at radius 1 is 1.30 bits per heavy atom. The Hall–Kier alpha value is -1.85. The van der Waals surface area contributed by atoms with Crippen LogP contribution in [0.3, 0.4) is 0 Å². The van der Waals surface area contributed by atoms with Gasteiger partial charge in [-0.05, 0) is 70.2 Å². The molecule has 5 heteroatoms. The largest absolute Gasteiger partial charge is 0.459 e. The molecule has 4 rings (SSSR count). The number of rotatable bonds is 5. The van der Waals surface area contributed by atoms with Crippen molar-refractivity contribution in [2.24, 2.45) is 5.92 Å². The highest BCUT2D eigenvalue weighted by atomic mass is 16.3. The molecule has 1 aliphatic carbocycles. The molecule has 27 heavy (non-hydrogen) atoms. The van der Waals surface area contributed by atoms with E-state index >= 15 is 0 Å². The predicted octanol–water partition coefficient (Wildman–Crippen LogP) is 3.29. The number of aryl methyl sites for hydroxylation is 2. The normalized spacial score (nSPS) is 24.1. The quantitative estimate of drug-likeness (QED) is 0.848. The van der Waals surface area contributed by atoms with Crippen molar-refractivity contribution in [1.82, 2.24) is 10.2 Å². The van der Waals surface area contributed by atoms with E-state index in [0.29, 0.717) is 13.0 Å². The van der Waals surface area contributed by atoms with Gasteiger partial charge in [0.2, 0.25) is 5.91 Å². The lowest BCUT2D eigenvalue weighted by molar-refractivity contribution is -0.123. The van der Waals surface area contributed by atoms with E-state index in [-0.39, 0.29) is 11.8 Å². The molecule has 1 aromatic carbocycles. The molecule has 1 saturated carbocycles. The first-order chi connectivity index (χ1) is 12.9. The average molecular weight is 370 g/mol. The van der Waals surface area contributed by atoms with E-state index < -0.39 is 5.60 Å². The Bertz CT molecular complexity index is 839. The van der Waals surface area contributed by atoms with E-state index in [1.54, 1.807) is 0 Å². The molecule has 2 fully saturated rings. The molecule has 1 aromatic heterocycles. The lowest BCUT2D eigenvalue weighted by Crippen LogP contribution is -2.44. The highest BCUT2D eigenvalue weighted by molar-refractivity contribution is 5.82. The first-order valence-electron chi connectivity index (χ1n) is 10.1. The van der Waals surface area contributed by atoms with Crippen LogP contribution >= 0.6 is 0 Å². The molecule has 0 bridgehead atoms. The van der Waals surface area contributed by atoms with Crippen molar-refractivity contribution in [3.63, 3.8) is 0 Å². The predicted molar refractivity (Wildman–Crippen MR) is 105 cm³/mol. The van der Waals surface area contributed by atoms with Crippen LogP contribution in [0.1, 0.15) is 49.0 Å². The third-order valence-electron chi connectivity index (χ3n) is 6.11. The van der Waals surface area contributed by atoms with Gasteiger partial charge in [-0.1, -0.05) is 11.6 Å². The second kappa shape index (κ2) is 7.28. The first-order valence-corrected chi connectivity index (χ1v) is 10.1. The van der Waals surface area contributed by atoms with E-state index in [2.05, 4.69) is 36.2 Å². The van der Waals surface area contributed by atoms with E-state index in [1.165, 1.54) is 16.5 Å². The van der Waals surface area contributed by atoms with E-state index in [1.807, 2.05) is 6.07 Å². The number of likely N-dealkylation sites (tertiary alicyclic amines) is 1. The molecule has 0 radical (unpaired) electrons. The van der Waals surface area contributed by atoms with Crippen LogP contribution in [0.2, 0.25) is 0 Å². The minimum Gasteiger partial charge on any atom is -0.459 e. The molecule has 2 aliphatic rings. The van der Waals surface area contributed by atoms with Crippen LogP contribution in [0.25, 0.3) is 11.0 Å². The zero-order valence-electron chi connectivity index (χ0n) is 16.4. The number of aliphatic hydroxyl groups is 1. The van der Waals surface area contributed by atoms with Gasteiger partial charge in [0.15, 0.2) is 0 Å². The SMILES string of the molecule is Cc1ccc2oc(CN3CCC[C@](O)(CNC(=O)C4CC4)CC3)c(C)c2c1. The van der Waals surface area contributed by atoms with Gasteiger partial charge in [0.25, 0.3) is 0 Å². The molecule has 2 aromatic rings. The summed E-state index contributed by atoms with van der Waals surface area (Å²) in [5.41, 5.74) is 2.61. The van der Waals surface area contributed by atoms with E-state index in [4.69, 9.17) is 4.42 Å². The number of carbonyl (C=O) groups is 1. The van der Waals surface area contributed by atoms with E-state index in [0.717, 1.165) is 56.7 Å². The number of nitrogens with one attached hydrogen (secondary N) is 1. The molecule has 1 amide bonds. The van der Waals surface area contributed by atoms with Gasteiger partial charge in [-0.3, -0.25) is 9.69 Å². The molecule has 1 atom stereocenters. The zero-order chi connectivity index (χ0) is 19.0. The van der Waals surface area contributed by atoms with Gasteiger partial charge in [-0.2, -0.15) is 0 Å². The highest BCUT2D eigenvalue weighted by Crippen LogP contribution is 2.30. The number of hydrogen-bond donors (Lipinski definition) is 2. The van der Waals surface area contributed by atoms with Crippen molar-refractivity contribution in [1.29, 1.82) is 0 Å². The Labute approximate surface area is 160 Å². The molecule has 0 unspecified atom stereocenters. The van der Waals surface area contributed by atoms with Crippen LogP contribution in [-0.4, -0.2) is 41.1 Å². The lowest BCUT2D eigenvalue weighted by atomic mass is 9.95. The fourth-order valence-electron chi connectivity index (χ4n) is 4.05. The lowest BCUT2D eigenvalue weighted by Gasteiger charge is -2.27. The molecule has 0 spiro atoms. The minimum atomic E-state index is -0.792. The maximum Gasteiger partial charge on any atom is 0.223 e. The number of amides is 1. The monoisotopic (exact) mass is 370 g/mol. The smallest absolute Gasteiger partial charge is 0.223 e. The van der Waals surface area contributed by atoms with Crippen molar-refractivity contribution < 1.29 is 14.3 Å². The number of carbonyl (C=O) groups excluding carboxylic acids is 1. The summed E-state index contributed by atoms with van der Waals surface area (Å²) in [5.74, 6) is 1.32. The van der Waals surface area contributed by atoms with Crippen LogP contribution in [0.15, 0.2) is 22.6 Å². The Kier molecular flexibility index (Phi) is 4.99. The Balaban J connectivity index is 1.38. The highest BCUT2D eigenvalue weighted by Gasteiger charge is 2.34. The minimum absolute atomic E-state index is 0.109. The van der Waals surface area contributed by atoms with Crippen molar-refractivity contribution >= 4 is 16.9 Å². The van der Waals surface area contributed by atoms with Crippen molar-refractivity contribution in [2.75, 3.05) is 19.6 Å². The average Bonchev–Trinajstić information content (AvgIpc) is 3.46. The molecule has 1 aliphatic heterocycles. The number of furan rings is 1. The molecule has 1 saturated heterocycles. The van der Waals surface area contributed by atoms with Crippen LogP contribution in [0.5, 0.6) is 0 Å².